The number of thiazole rings is 1. The van der Waals surface area contributed by atoms with Crippen LogP contribution in [0, 0.1) is 13.8 Å². The number of nitrogens with zero attached hydrogens (tertiary/aromatic N) is 1. The molecule has 3 rings (SSSR count). The zero-order valence-corrected chi connectivity index (χ0v) is 13.0. The minimum Gasteiger partial charge on any atom is -0.497 e. The molecule has 4 heteroatoms. The molecule has 1 atom stereocenters. The van der Waals surface area contributed by atoms with E-state index in [0.29, 0.717) is 0 Å². The second-order valence-corrected chi connectivity index (χ2v) is 6.71. The topological polar surface area (TPSA) is 48.1 Å². The number of aryl methyl sites for hydroxylation is 3. The third-order valence-electron chi connectivity index (χ3n) is 4.23. The zero-order valence-electron chi connectivity index (χ0n) is 12.2. The molecule has 2 aromatic rings. The van der Waals surface area contributed by atoms with Gasteiger partial charge in [0, 0.05) is 4.88 Å². The van der Waals surface area contributed by atoms with E-state index in [2.05, 4.69) is 19.1 Å². The van der Waals surface area contributed by atoms with E-state index in [1.807, 2.05) is 13.0 Å². The SMILES string of the molecule is COc1ccc2c(c1)C(N)(c1nc(C)c(C)s1)CCC2. The highest BCUT2D eigenvalue weighted by Gasteiger charge is 2.37. The van der Waals surface area contributed by atoms with Crippen LogP contribution < -0.4 is 10.5 Å². The van der Waals surface area contributed by atoms with E-state index in [1.165, 1.54) is 16.0 Å². The summed E-state index contributed by atoms with van der Waals surface area (Å²) in [6.45, 7) is 4.16. The Bertz CT molecular complexity index is 630. The van der Waals surface area contributed by atoms with Gasteiger partial charge in [-0.1, -0.05) is 6.07 Å². The average Bonchev–Trinajstić information content (AvgIpc) is 2.79. The van der Waals surface area contributed by atoms with Gasteiger partial charge in [-0.2, -0.15) is 0 Å². The van der Waals surface area contributed by atoms with Crippen molar-refractivity contribution in [2.24, 2.45) is 5.73 Å². The van der Waals surface area contributed by atoms with E-state index >= 15 is 0 Å². The molecular weight excluding hydrogens is 268 g/mol. The number of nitrogens with two attached hydrogens (primary N) is 1. The van der Waals surface area contributed by atoms with E-state index in [-0.39, 0.29) is 0 Å². The number of ether oxygens (including phenoxy) is 1. The number of hydrogen-bond donors (Lipinski definition) is 1. The molecule has 0 aliphatic heterocycles. The molecule has 20 heavy (non-hydrogen) atoms. The van der Waals surface area contributed by atoms with Gasteiger partial charge < -0.3 is 10.5 Å². The Kier molecular flexibility index (Phi) is 3.30. The summed E-state index contributed by atoms with van der Waals surface area (Å²) in [7, 11) is 1.69. The number of hydrogen-bond acceptors (Lipinski definition) is 4. The van der Waals surface area contributed by atoms with Crippen molar-refractivity contribution in [3.8, 4) is 5.75 Å². The summed E-state index contributed by atoms with van der Waals surface area (Å²) in [5, 5.41) is 1.03. The highest BCUT2D eigenvalue weighted by atomic mass is 32.1. The van der Waals surface area contributed by atoms with Crippen LogP contribution in [0.2, 0.25) is 0 Å². The smallest absolute Gasteiger partial charge is 0.119 e. The second-order valence-electron chi connectivity index (χ2n) is 5.51. The van der Waals surface area contributed by atoms with Gasteiger partial charge in [0.2, 0.25) is 0 Å². The largest absolute Gasteiger partial charge is 0.497 e. The summed E-state index contributed by atoms with van der Waals surface area (Å²) in [6, 6.07) is 6.24. The van der Waals surface area contributed by atoms with Crippen molar-refractivity contribution < 1.29 is 4.74 Å². The standard InChI is InChI=1S/C16H20N2OS/c1-10-11(2)20-15(18-10)16(17)8-4-5-12-6-7-13(19-3)9-14(12)16/h6-7,9H,4-5,8,17H2,1-3H3. The molecule has 1 aromatic carbocycles. The Morgan fingerprint density at radius 3 is 2.80 bits per heavy atom. The van der Waals surface area contributed by atoms with Crippen LogP contribution in [0.3, 0.4) is 0 Å². The minimum absolute atomic E-state index is 0.466. The first kappa shape index (κ1) is 13.6. The van der Waals surface area contributed by atoms with E-state index in [9.17, 15) is 0 Å². The third-order valence-corrected chi connectivity index (χ3v) is 5.48. The summed E-state index contributed by atoms with van der Waals surface area (Å²) in [5.41, 5.74) is 9.91. The van der Waals surface area contributed by atoms with Crippen LogP contribution in [-0.4, -0.2) is 12.1 Å². The molecule has 106 valence electrons. The number of aromatic nitrogens is 1. The molecule has 0 saturated carbocycles. The predicted octanol–water partition coefficient (Wildman–Crippen LogP) is 3.31. The monoisotopic (exact) mass is 288 g/mol. The fourth-order valence-corrected chi connectivity index (χ4v) is 3.95. The Morgan fingerprint density at radius 1 is 1.35 bits per heavy atom. The molecule has 1 unspecified atom stereocenters. The first-order valence-corrected chi connectivity index (χ1v) is 7.77. The summed E-state index contributed by atoms with van der Waals surface area (Å²) in [6.07, 6.45) is 3.13. The highest BCUT2D eigenvalue weighted by Crippen LogP contribution is 2.41. The molecule has 1 aliphatic rings. The molecule has 0 spiro atoms. The lowest BCUT2D eigenvalue weighted by atomic mass is 9.77. The fraction of sp³-hybridized carbons (Fsp3) is 0.438. The summed E-state index contributed by atoms with van der Waals surface area (Å²) in [4.78, 5) is 5.96. The molecule has 1 aromatic heterocycles. The van der Waals surface area contributed by atoms with Gasteiger partial charge in [-0.05, 0) is 56.4 Å². The van der Waals surface area contributed by atoms with Gasteiger partial charge in [-0.25, -0.2) is 4.98 Å². The minimum atomic E-state index is -0.466. The van der Waals surface area contributed by atoms with Gasteiger partial charge in [0.25, 0.3) is 0 Å². The summed E-state index contributed by atoms with van der Waals surface area (Å²) < 4.78 is 5.37. The Morgan fingerprint density at radius 2 is 2.15 bits per heavy atom. The maximum atomic E-state index is 6.79. The first-order chi connectivity index (χ1) is 9.54. The molecular formula is C16H20N2OS. The highest BCUT2D eigenvalue weighted by molar-refractivity contribution is 7.11. The van der Waals surface area contributed by atoms with E-state index < -0.39 is 5.54 Å². The molecule has 0 saturated heterocycles. The molecule has 0 radical (unpaired) electrons. The number of rotatable bonds is 2. The van der Waals surface area contributed by atoms with Crippen LogP contribution in [-0.2, 0) is 12.0 Å². The van der Waals surface area contributed by atoms with E-state index in [0.717, 1.165) is 35.7 Å². The van der Waals surface area contributed by atoms with Gasteiger partial charge in [-0.15, -0.1) is 11.3 Å². The lowest BCUT2D eigenvalue weighted by Gasteiger charge is -2.34. The lowest BCUT2D eigenvalue weighted by Crippen LogP contribution is -2.41. The van der Waals surface area contributed by atoms with Crippen LogP contribution in [0.5, 0.6) is 5.75 Å². The van der Waals surface area contributed by atoms with Gasteiger partial charge in [0.1, 0.15) is 10.8 Å². The van der Waals surface area contributed by atoms with Crippen LogP contribution in [0.1, 0.15) is 39.5 Å². The van der Waals surface area contributed by atoms with Gasteiger partial charge in [0.05, 0.1) is 18.3 Å². The van der Waals surface area contributed by atoms with Crippen LogP contribution >= 0.6 is 11.3 Å². The van der Waals surface area contributed by atoms with Crippen molar-refractivity contribution in [3.63, 3.8) is 0 Å². The third kappa shape index (κ3) is 2.03. The Labute approximate surface area is 123 Å². The van der Waals surface area contributed by atoms with Crippen LogP contribution in [0.4, 0.5) is 0 Å². The quantitative estimate of drug-likeness (QED) is 0.922. The Balaban J connectivity index is 2.16. The molecule has 3 nitrogen and oxygen atoms in total. The average molecular weight is 288 g/mol. The van der Waals surface area contributed by atoms with E-state index in [4.69, 9.17) is 15.5 Å². The molecule has 0 bridgehead atoms. The van der Waals surface area contributed by atoms with Gasteiger partial charge >= 0.3 is 0 Å². The zero-order chi connectivity index (χ0) is 14.3. The molecule has 0 amide bonds. The summed E-state index contributed by atoms with van der Waals surface area (Å²) >= 11 is 1.72. The maximum Gasteiger partial charge on any atom is 0.119 e. The predicted molar refractivity (Wildman–Crippen MR) is 82.5 cm³/mol. The number of methoxy groups -OCH3 is 1. The van der Waals surface area contributed by atoms with Crippen molar-refractivity contribution in [1.82, 2.24) is 4.98 Å². The summed E-state index contributed by atoms with van der Waals surface area (Å²) in [5.74, 6) is 0.866. The second kappa shape index (κ2) is 4.86. The maximum absolute atomic E-state index is 6.79. The van der Waals surface area contributed by atoms with Crippen LogP contribution in [0.15, 0.2) is 18.2 Å². The number of benzene rings is 1. The van der Waals surface area contributed by atoms with Crippen molar-refractivity contribution in [1.29, 1.82) is 0 Å². The van der Waals surface area contributed by atoms with Crippen molar-refractivity contribution in [2.75, 3.05) is 7.11 Å². The number of fused-ring (bicyclic) bond motifs is 1. The molecule has 1 aliphatic carbocycles. The first-order valence-electron chi connectivity index (χ1n) is 6.95. The van der Waals surface area contributed by atoms with Crippen LogP contribution in [0.25, 0.3) is 0 Å². The van der Waals surface area contributed by atoms with Gasteiger partial charge in [0.15, 0.2) is 0 Å². The van der Waals surface area contributed by atoms with Crippen molar-refractivity contribution >= 4 is 11.3 Å². The van der Waals surface area contributed by atoms with E-state index in [1.54, 1.807) is 18.4 Å². The normalized spacial score (nSPS) is 21.6. The van der Waals surface area contributed by atoms with Crippen molar-refractivity contribution in [3.05, 3.63) is 44.9 Å². The molecule has 1 heterocycles. The Hall–Kier alpha value is -1.39. The molecule has 2 N–H and O–H groups in total. The van der Waals surface area contributed by atoms with Crippen molar-refractivity contribution in [2.45, 2.75) is 38.6 Å². The molecule has 0 fully saturated rings. The fourth-order valence-electron chi connectivity index (χ4n) is 2.89. The van der Waals surface area contributed by atoms with Gasteiger partial charge in [-0.3, -0.25) is 0 Å². The lowest BCUT2D eigenvalue weighted by molar-refractivity contribution is 0.404.